The second-order valence-corrected chi connectivity index (χ2v) is 4.79. The molecule has 0 bridgehead atoms. The number of benzene rings is 1. The SMILES string of the molecule is O=C(O)CCSCCc1ccc(Cl)cc1. The van der Waals surface area contributed by atoms with Crippen LogP contribution < -0.4 is 0 Å². The van der Waals surface area contributed by atoms with Crippen LogP contribution in [0.2, 0.25) is 5.02 Å². The molecule has 1 aromatic carbocycles. The quantitative estimate of drug-likeness (QED) is 0.782. The van der Waals surface area contributed by atoms with Gasteiger partial charge in [-0.05, 0) is 29.9 Å². The highest BCUT2D eigenvalue weighted by molar-refractivity contribution is 7.99. The summed E-state index contributed by atoms with van der Waals surface area (Å²) in [5.74, 6) is 0.909. The normalized spacial score (nSPS) is 10.2. The van der Waals surface area contributed by atoms with Crippen molar-refractivity contribution in [2.24, 2.45) is 0 Å². The molecule has 15 heavy (non-hydrogen) atoms. The number of thioether (sulfide) groups is 1. The average molecular weight is 245 g/mol. The van der Waals surface area contributed by atoms with Crippen molar-refractivity contribution in [1.29, 1.82) is 0 Å². The largest absolute Gasteiger partial charge is 0.481 e. The van der Waals surface area contributed by atoms with Gasteiger partial charge in [-0.2, -0.15) is 11.8 Å². The average Bonchev–Trinajstić information content (AvgIpc) is 2.20. The topological polar surface area (TPSA) is 37.3 Å². The molecule has 0 aliphatic rings. The lowest BCUT2D eigenvalue weighted by atomic mass is 10.2. The van der Waals surface area contributed by atoms with E-state index in [1.807, 2.05) is 24.3 Å². The Morgan fingerprint density at radius 3 is 2.53 bits per heavy atom. The van der Waals surface area contributed by atoms with Gasteiger partial charge >= 0.3 is 5.97 Å². The molecule has 0 spiro atoms. The van der Waals surface area contributed by atoms with Crippen LogP contribution in [-0.2, 0) is 11.2 Å². The van der Waals surface area contributed by atoms with E-state index in [1.165, 1.54) is 5.56 Å². The number of carboxylic acid groups (broad SMARTS) is 1. The number of hydrogen-bond acceptors (Lipinski definition) is 2. The summed E-state index contributed by atoms with van der Waals surface area (Å²) in [7, 11) is 0. The second-order valence-electron chi connectivity index (χ2n) is 3.13. The molecule has 82 valence electrons. The monoisotopic (exact) mass is 244 g/mol. The predicted octanol–water partition coefficient (Wildman–Crippen LogP) is 3.09. The zero-order valence-corrected chi connectivity index (χ0v) is 9.85. The molecule has 0 aliphatic heterocycles. The molecule has 1 N–H and O–H groups in total. The standard InChI is InChI=1S/C11H13ClO2S/c12-10-3-1-9(2-4-10)5-7-15-8-6-11(13)14/h1-4H,5-8H2,(H,13,14). The molecular weight excluding hydrogens is 232 g/mol. The van der Waals surface area contributed by atoms with Gasteiger partial charge in [0.25, 0.3) is 0 Å². The van der Waals surface area contributed by atoms with Crippen LogP contribution >= 0.6 is 23.4 Å². The second kappa shape index (κ2) is 6.75. The van der Waals surface area contributed by atoms with E-state index in [1.54, 1.807) is 11.8 Å². The van der Waals surface area contributed by atoms with Crippen LogP contribution in [0.1, 0.15) is 12.0 Å². The van der Waals surface area contributed by atoms with Crippen molar-refractivity contribution < 1.29 is 9.90 Å². The smallest absolute Gasteiger partial charge is 0.304 e. The number of aliphatic carboxylic acids is 1. The molecule has 1 aromatic rings. The van der Waals surface area contributed by atoms with Crippen LogP contribution in [0.4, 0.5) is 0 Å². The van der Waals surface area contributed by atoms with Gasteiger partial charge in [0.05, 0.1) is 6.42 Å². The van der Waals surface area contributed by atoms with Gasteiger partial charge < -0.3 is 5.11 Å². The highest BCUT2D eigenvalue weighted by Crippen LogP contribution is 2.12. The van der Waals surface area contributed by atoms with E-state index in [4.69, 9.17) is 16.7 Å². The molecule has 0 fully saturated rings. The van der Waals surface area contributed by atoms with Crippen LogP contribution in [0.15, 0.2) is 24.3 Å². The minimum Gasteiger partial charge on any atom is -0.481 e. The van der Waals surface area contributed by atoms with E-state index in [0.717, 1.165) is 17.2 Å². The highest BCUT2D eigenvalue weighted by Gasteiger charge is 1.97. The molecule has 4 heteroatoms. The van der Waals surface area contributed by atoms with Crippen molar-refractivity contribution in [2.45, 2.75) is 12.8 Å². The Kier molecular flexibility index (Phi) is 5.58. The van der Waals surface area contributed by atoms with Gasteiger partial charge in [-0.3, -0.25) is 4.79 Å². The first-order valence-corrected chi connectivity index (χ1v) is 6.26. The maximum atomic E-state index is 10.2. The van der Waals surface area contributed by atoms with Gasteiger partial charge in [0.2, 0.25) is 0 Å². The molecular formula is C11H13ClO2S. The van der Waals surface area contributed by atoms with Gasteiger partial charge in [0.1, 0.15) is 0 Å². The van der Waals surface area contributed by atoms with Crippen LogP contribution in [-0.4, -0.2) is 22.6 Å². The maximum Gasteiger partial charge on any atom is 0.304 e. The van der Waals surface area contributed by atoms with Gasteiger partial charge in [0.15, 0.2) is 0 Å². The predicted molar refractivity (Wildman–Crippen MR) is 64.7 cm³/mol. The maximum absolute atomic E-state index is 10.2. The first kappa shape index (κ1) is 12.4. The number of halogens is 1. The summed E-state index contributed by atoms with van der Waals surface area (Å²) in [5, 5.41) is 9.18. The van der Waals surface area contributed by atoms with E-state index in [9.17, 15) is 4.79 Å². The summed E-state index contributed by atoms with van der Waals surface area (Å²) >= 11 is 7.43. The third-order valence-corrected chi connectivity index (χ3v) is 3.15. The number of rotatable bonds is 6. The lowest BCUT2D eigenvalue weighted by Gasteiger charge is -2.01. The summed E-state index contributed by atoms with van der Waals surface area (Å²) in [6.07, 6.45) is 1.20. The van der Waals surface area contributed by atoms with Crippen molar-refractivity contribution in [3.05, 3.63) is 34.9 Å². The zero-order chi connectivity index (χ0) is 11.1. The van der Waals surface area contributed by atoms with Gasteiger partial charge in [-0.15, -0.1) is 0 Å². The van der Waals surface area contributed by atoms with Crippen molar-refractivity contribution in [3.8, 4) is 0 Å². The summed E-state index contributed by atoms with van der Waals surface area (Å²) in [4.78, 5) is 10.2. The third-order valence-electron chi connectivity index (χ3n) is 1.91. The van der Waals surface area contributed by atoms with Gasteiger partial charge in [0, 0.05) is 10.8 Å². The summed E-state index contributed by atoms with van der Waals surface area (Å²) in [6.45, 7) is 0. The molecule has 0 saturated heterocycles. The molecule has 0 unspecified atom stereocenters. The van der Waals surface area contributed by atoms with Crippen molar-refractivity contribution in [1.82, 2.24) is 0 Å². The molecule has 2 nitrogen and oxygen atoms in total. The lowest BCUT2D eigenvalue weighted by molar-refractivity contribution is -0.136. The highest BCUT2D eigenvalue weighted by atomic mass is 35.5. The van der Waals surface area contributed by atoms with E-state index in [2.05, 4.69) is 0 Å². The van der Waals surface area contributed by atoms with Gasteiger partial charge in [-0.1, -0.05) is 23.7 Å². The van der Waals surface area contributed by atoms with E-state index in [0.29, 0.717) is 5.75 Å². The Bertz CT molecular complexity index is 311. The Morgan fingerprint density at radius 2 is 1.93 bits per heavy atom. The van der Waals surface area contributed by atoms with E-state index < -0.39 is 5.97 Å². The fraction of sp³-hybridized carbons (Fsp3) is 0.364. The van der Waals surface area contributed by atoms with Crippen molar-refractivity contribution in [3.63, 3.8) is 0 Å². The van der Waals surface area contributed by atoms with Crippen LogP contribution in [0.5, 0.6) is 0 Å². The number of carboxylic acids is 1. The number of aryl methyl sites for hydroxylation is 1. The number of hydrogen-bond donors (Lipinski definition) is 1. The summed E-state index contributed by atoms with van der Waals surface area (Å²) < 4.78 is 0. The summed E-state index contributed by atoms with van der Waals surface area (Å²) in [5.41, 5.74) is 1.24. The molecule has 0 radical (unpaired) electrons. The van der Waals surface area contributed by atoms with Gasteiger partial charge in [-0.25, -0.2) is 0 Å². The third kappa shape index (κ3) is 5.70. The minimum atomic E-state index is -0.728. The Hall–Kier alpha value is -0.670. The number of carbonyl (C=O) groups is 1. The van der Waals surface area contributed by atoms with E-state index >= 15 is 0 Å². The molecule has 0 amide bonds. The fourth-order valence-electron chi connectivity index (χ4n) is 1.10. The molecule has 0 aromatic heterocycles. The Morgan fingerprint density at radius 1 is 1.27 bits per heavy atom. The Balaban J connectivity index is 2.15. The molecule has 1 rings (SSSR count). The fourth-order valence-corrected chi connectivity index (χ4v) is 2.13. The van der Waals surface area contributed by atoms with Crippen LogP contribution in [0.3, 0.4) is 0 Å². The first-order valence-electron chi connectivity index (χ1n) is 4.72. The van der Waals surface area contributed by atoms with Crippen molar-refractivity contribution >= 4 is 29.3 Å². The molecule has 0 heterocycles. The van der Waals surface area contributed by atoms with Crippen LogP contribution in [0, 0.1) is 0 Å². The molecule has 0 saturated carbocycles. The zero-order valence-electron chi connectivity index (χ0n) is 8.28. The molecule has 0 aliphatic carbocycles. The summed E-state index contributed by atoms with van der Waals surface area (Å²) in [6, 6.07) is 7.75. The lowest BCUT2D eigenvalue weighted by Crippen LogP contribution is -1.97. The first-order chi connectivity index (χ1) is 7.18. The van der Waals surface area contributed by atoms with E-state index in [-0.39, 0.29) is 6.42 Å². The minimum absolute atomic E-state index is 0.241. The molecule has 0 atom stereocenters. The Labute approximate surface area is 98.6 Å². The van der Waals surface area contributed by atoms with Crippen molar-refractivity contribution in [2.75, 3.05) is 11.5 Å². The van der Waals surface area contributed by atoms with Crippen LogP contribution in [0.25, 0.3) is 0 Å².